The molecule has 0 unspecified atom stereocenters. The van der Waals surface area contributed by atoms with Crippen molar-refractivity contribution in [1.29, 1.82) is 0 Å². The Kier molecular flexibility index (Phi) is 4.13. The molecule has 0 atom stereocenters. The zero-order valence-corrected chi connectivity index (χ0v) is 10.8. The first kappa shape index (κ1) is 12.8. The lowest BCUT2D eigenvalue weighted by Crippen LogP contribution is -2.11. The van der Waals surface area contributed by atoms with Crippen LogP contribution in [0, 0.1) is 5.92 Å². The molecule has 0 amide bonds. The molecule has 1 aliphatic rings. The van der Waals surface area contributed by atoms with Crippen LogP contribution in [0.25, 0.3) is 5.57 Å². The number of hydrogen-bond donors (Lipinski definition) is 3. The fraction of sp³-hybridized carbons (Fsp3) is 0.467. The first-order chi connectivity index (χ1) is 8.72. The molecule has 3 heteroatoms. The van der Waals surface area contributed by atoms with Crippen molar-refractivity contribution in [3.8, 4) is 11.5 Å². The molecule has 2 rings (SSSR count). The van der Waals surface area contributed by atoms with Crippen molar-refractivity contribution in [1.82, 2.24) is 5.32 Å². The van der Waals surface area contributed by atoms with Crippen molar-refractivity contribution in [3.63, 3.8) is 0 Å². The number of benzene rings is 1. The lowest BCUT2D eigenvalue weighted by atomic mass is 9.81. The van der Waals surface area contributed by atoms with Crippen molar-refractivity contribution in [3.05, 3.63) is 30.0 Å². The summed E-state index contributed by atoms with van der Waals surface area (Å²) in [5.41, 5.74) is 2.22. The molecule has 1 fully saturated rings. The van der Waals surface area contributed by atoms with E-state index < -0.39 is 0 Å². The highest BCUT2D eigenvalue weighted by Crippen LogP contribution is 2.37. The molecule has 0 saturated heterocycles. The lowest BCUT2D eigenvalue weighted by Gasteiger charge is -2.25. The van der Waals surface area contributed by atoms with Gasteiger partial charge in [-0.3, -0.25) is 0 Å². The zero-order valence-electron chi connectivity index (χ0n) is 10.8. The van der Waals surface area contributed by atoms with Gasteiger partial charge >= 0.3 is 0 Å². The molecule has 1 aliphatic carbocycles. The molecule has 3 nitrogen and oxygen atoms in total. The average molecular weight is 247 g/mol. The third kappa shape index (κ3) is 2.78. The standard InChI is InChI=1S/C15H21NO2/c1-16-10-13(11-5-3-2-4-6-11)12-7-8-14(17)15(18)9-12/h7-11,16-18H,2-6H2,1H3. The molecular weight excluding hydrogens is 226 g/mol. The maximum absolute atomic E-state index is 9.62. The van der Waals surface area contributed by atoms with Crippen LogP contribution in [0.5, 0.6) is 11.5 Å². The third-order valence-electron chi connectivity index (χ3n) is 3.65. The van der Waals surface area contributed by atoms with E-state index in [1.807, 2.05) is 19.3 Å². The van der Waals surface area contributed by atoms with Gasteiger partial charge in [0.15, 0.2) is 11.5 Å². The summed E-state index contributed by atoms with van der Waals surface area (Å²) in [6.45, 7) is 0. The molecule has 1 aromatic carbocycles. The fourth-order valence-electron chi connectivity index (χ4n) is 2.71. The van der Waals surface area contributed by atoms with Crippen LogP contribution in [0.3, 0.4) is 0 Å². The van der Waals surface area contributed by atoms with E-state index in [1.54, 1.807) is 12.1 Å². The van der Waals surface area contributed by atoms with Gasteiger partial charge in [-0.15, -0.1) is 0 Å². The molecule has 18 heavy (non-hydrogen) atoms. The molecule has 0 radical (unpaired) electrons. The van der Waals surface area contributed by atoms with Gasteiger partial charge in [0.05, 0.1) is 0 Å². The van der Waals surface area contributed by atoms with Gasteiger partial charge in [0.2, 0.25) is 0 Å². The van der Waals surface area contributed by atoms with E-state index in [-0.39, 0.29) is 11.5 Å². The van der Waals surface area contributed by atoms with Gasteiger partial charge in [0.1, 0.15) is 0 Å². The molecule has 1 aromatic rings. The summed E-state index contributed by atoms with van der Waals surface area (Å²) in [4.78, 5) is 0. The number of hydrogen-bond acceptors (Lipinski definition) is 3. The average Bonchev–Trinajstić information content (AvgIpc) is 2.40. The summed E-state index contributed by atoms with van der Waals surface area (Å²) in [7, 11) is 1.89. The van der Waals surface area contributed by atoms with Crippen LogP contribution in [0.15, 0.2) is 24.4 Å². The molecule has 0 heterocycles. The van der Waals surface area contributed by atoms with Gasteiger partial charge in [-0.25, -0.2) is 0 Å². The van der Waals surface area contributed by atoms with Crippen LogP contribution in [0.4, 0.5) is 0 Å². The van der Waals surface area contributed by atoms with Gasteiger partial charge in [0.25, 0.3) is 0 Å². The van der Waals surface area contributed by atoms with Crippen LogP contribution in [-0.4, -0.2) is 17.3 Å². The Hall–Kier alpha value is -1.64. The van der Waals surface area contributed by atoms with Crippen LogP contribution >= 0.6 is 0 Å². The molecule has 0 bridgehead atoms. The molecule has 1 saturated carbocycles. The van der Waals surface area contributed by atoms with E-state index in [2.05, 4.69) is 5.32 Å². The third-order valence-corrected chi connectivity index (χ3v) is 3.65. The van der Waals surface area contributed by atoms with E-state index in [0.717, 1.165) is 5.56 Å². The van der Waals surface area contributed by atoms with Gasteiger partial charge in [-0.1, -0.05) is 25.3 Å². The van der Waals surface area contributed by atoms with E-state index >= 15 is 0 Å². The normalized spacial score (nSPS) is 17.7. The summed E-state index contributed by atoms with van der Waals surface area (Å²) < 4.78 is 0. The van der Waals surface area contributed by atoms with Crippen LogP contribution in [0.2, 0.25) is 0 Å². The largest absolute Gasteiger partial charge is 0.504 e. The Morgan fingerprint density at radius 2 is 1.89 bits per heavy atom. The Bertz CT molecular complexity index is 434. The number of nitrogens with one attached hydrogen (secondary N) is 1. The highest BCUT2D eigenvalue weighted by molar-refractivity contribution is 5.69. The Morgan fingerprint density at radius 1 is 1.17 bits per heavy atom. The first-order valence-corrected chi connectivity index (χ1v) is 6.62. The molecule has 98 valence electrons. The quantitative estimate of drug-likeness (QED) is 0.719. The maximum atomic E-state index is 9.62. The summed E-state index contributed by atoms with van der Waals surface area (Å²) in [5.74, 6) is 0.437. The fourth-order valence-corrected chi connectivity index (χ4v) is 2.71. The maximum Gasteiger partial charge on any atom is 0.158 e. The van der Waals surface area contributed by atoms with Crippen molar-refractivity contribution in [2.24, 2.45) is 5.92 Å². The van der Waals surface area contributed by atoms with E-state index in [9.17, 15) is 10.2 Å². The molecule has 0 aromatic heterocycles. The Morgan fingerprint density at radius 3 is 2.50 bits per heavy atom. The van der Waals surface area contributed by atoms with Crippen molar-refractivity contribution in [2.45, 2.75) is 32.1 Å². The first-order valence-electron chi connectivity index (χ1n) is 6.62. The van der Waals surface area contributed by atoms with Crippen LogP contribution < -0.4 is 5.32 Å². The summed E-state index contributed by atoms with van der Waals surface area (Å²) in [6.07, 6.45) is 8.29. The highest BCUT2D eigenvalue weighted by atomic mass is 16.3. The SMILES string of the molecule is CNC=C(c1ccc(O)c(O)c1)C1CCCCC1. The Balaban J connectivity index is 2.28. The molecular formula is C15H21NO2. The number of aromatic hydroxyl groups is 2. The van der Waals surface area contributed by atoms with Gasteiger partial charge < -0.3 is 15.5 Å². The second kappa shape index (κ2) is 5.80. The minimum Gasteiger partial charge on any atom is -0.504 e. The van der Waals surface area contributed by atoms with Crippen LogP contribution in [0.1, 0.15) is 37.7 Å². The molecule has 0 aliphatic heterocycles. The van der Waals surface area contributed by atoms with E-state index in [4.69, 9.17) is 0 Å². The lowest BCUT2D eigenvalue weighted by molar-refractivity contribution is 0.403. The predicted octanol–water partition coefficient (Wildman–Crippen LogP) is 3.24. The highest BCUT2D eigenvalue weighted by Gasteiger charge is 2.19. The van der Waals surface area contributed by atoms with Gasteiger partial charge in [-0.05, 0) is 42.0 Å². The zero-order chi connectivity index (χ0) is 13.0. The van der Waals surface area contributed by atoms with Crippen molar-refractivity contribution in [2.75, 3.05) is 7.05 Å². The minimum absolute atomic E-state index is 0.0506. The topological polar surface area (TPSA) is 52.5 Å². The van der Waals surface area contributed by atoms with Gasteiger partial charge in [0, 0.05) is 13.2 Å². The second-order valence-electron chi connectivity index (χ2n) is 4.93. The number of rotatable bonds is 3. The van der Waals surface area contributed by atoms with Crippen LogP contribution in [-0.2, 0) is 0 Å². The van der Waals surface area contributed by atoms with Crippen molar-refractivity contribution >= 4 is 5.57 Å². The summed E-state index contributed by atoms with van der Waals surface area (Å²) >= 11 is 0. The van der Waals surface area contributed by atoms with E-state index in [0.29, 0.717) is 5.92 Å². The number of allylic oxidation sites excluding steroid dienone is 1. The number of phenolic OH excluding ortho intramolecular Hbond substituents is 2. The molecule has 3 N–H and O–H groups in total. The summed E-state index contributed by atoms with van der Waals surface area (Å²) in [5, 5.41) is 22.1. The second-order valence-corrected chi connectivity index (χ2v) is 4.93. The monoisotopic (exact) mass is 247 g/mol. The molecule has 0 spiro atoms. The smallest absolute Gasteiger partial charge is 0.158 e. The van der Waals surface area contributed by atoms with Gasteiger partial charge in [-0.2, -0.15) is 0 Å². The Labute approximate surface area is 108 Å². The minimum atomic E-state index is -0.0637. The number of phenols is 2. The van der Waals surface area contributed by atoms with E-state index in [1.165, 1.54) is 37.7 Å². The summed E-state index contributed by atoms with van der Waals surface area (Å²) in [6, 6.07) is 5.07. The van der Waals surface area contributed by atoms with Crippen molar-refractivity contribution < 1.29 is 10.2 Å². The predicted molar refractivity (Wildman–Crippen MR) is 73.4 cm³/mol.